The van der Waals surface area contributed by atoms with Crippen LogP contribution in [0.3, 0.4) is 0 Å². The Kier molecular flexibility index (Phi) is 59.7. The van der Waals surface area contributed by atoms with Crippen LogP contribution in [0.15, 0.2) is 48.6 Å². The Morgan fingerprint density at radius 2 is 0.493 bits per heavy atom. The summed E-state index contributed by atoms with van der Waals surface area (Å²) in [6.45, 7) is 6.64. The van der Waals surface area contributed by atoms with Gasteiger partial charge in [-0.15, -0.1) is 0 Å². The second-order valence-corrected chi connectivity index (χ2v) is 21.7. The number of esters is 3. The molecule has 0 aliphatic rings. The lowest BCUT2D eigenvalue weighted by molar-refractivity contribution is -0.167. The van der Waals surface area contributed by atoms with Crippen LogP contribution in [0.2, 0.25) is 0 Å². The molecule has 0 bridgehead atoms. The molecule has 0 N–H and O–H groups in total. The minimum atomic E-state index is -0.785. The summed E-state index contributed by atoms with van der Waals surface area (Å²) in [6, 6.07) is 0. The fourth-order valence-electron chi connectivity index (χ4n) is 9.45. The Morgan fingerprint density at radius 3 is 0.808 bits per heavy atom. The van der Waals surface area contributed by atoms with Gasteiger partial charge in [0, 0.05) is 19.3 Å². The largest absolute Gasteiger partial charge is 0.462 e. The SMILES string of the molecule is CCCCC/C=C\C/C=C\C/C=C\CCCCCCC(=O)O[C@H](COC(=O)CCCCCCCCCCC/C=C\CCCCCCCC)COC(=O)CCCCCCCCCCCCCCCCCCCCC. The highest BCUT2D eigenvalue weighted by Crippen LogP contribution is 2.17. The molecule has 0 unspecified atom stereocenters. The number of carbonyl (C=O) groups is 3. The van der Waals surface area contributed by atoms with Crippen molar-refractivity contribution >= 4 is 17.9 Å². The van der Waals surface area contributed by atoms with Crippen LogP contribution < -0.4 is 0 Å². The Hall–Kier alpha value is -2.63. The topological polar surface area (TPSA) is 78.9 Å². The smallest absolute Gasteiger partial charge is 0.306 e. The van der Waals surface area contributed by atoms with Crippen molar-refractivity contribution in [2.45, 2.75) is 348 Å². The molecule has 0 aliphatic carbocycles. The maximum Gasteiger partial charge on any atom is 0.306 e. The lowest BCUT2D eigenvalue weighted by atomic mass is 10.0. The van der Waals surface area contributed by atoms with Crippen LogP contribution in [0.5, 0.6) is 0 Å². The Bertz CT molecular complexity index is 1270. The second-order valence-electron chi connectivity index (χ2n) is 21.7. The molecule has 1 atom stereocenters. The first-order valence-corrected chi connectivity index (χ1v) is 32.1. The van der Waals surface area contributed by atoms with Gasteiger partial charge in [-0.05, 0) is 83.5 Å². The molecular weight excluding hydrogens is 901 g/mol. The number of ether oxygens (including phenoxy) is 3. The molecule has 0 rings (SSSR count). The number of unbranched alkanes of at least 4 members (excludes halogenated alkanes) is 40. The number of carbonyl (C=O) groups excluding carboxylic acids is 3. The van der Waals surface area contributed by atoms with E-state index in [2.05, 4.69) is 69.4 Å². The van der Waals surface area contributed by atoms with Gasteiger partial charge < -0.3 is 14.2 Å². The van der Waals surface area contributed by atoms with E-state index in [1.54, 1.807) is 0 Å². The third kappa shape index (κ3) is 60.1. The van der Waals surface area contributed by atoms with E-state index >= 15 is 0 Å². The maximum absolute atomic E-state index is 12.9. The normalized spacial score (nSPS) is 12.3. The Labute approximate surface area is 454 Å². The maximum atomic E-state index is 12.9. The average Bonchev–Trinajstić information content (AvgIpc) is 3.39. The monoisotopic (exact) mass is 1020 g/mol. The van der Waals surface area contributed by atoms with Gasteiger partial charge >= 0.3 is 17.9 Å². The van der Waals surface area contributed by atoms with Crippen LogP contribution >= 0.6 is 0 Å². The first kappa shape index (κ1) is 70.4. The summed E-state index contributed by atoms with van der Waals surface area (Å²) in [5, 5.41) is 0. The predicted molar refractivity (Wildman–Crippen MR) is 316 cm³/mol. The molecule has 0 fully saturated rings. The molecule has 0 aromatic heterocycles. The van der Waals surface area contributed by atoms with Gasteiger partial charge in [0.1, 0.15) is 13.2 Å². The summed E-state index contributed by atoms with van der Waals surface area (Å²) in [5.74, 6) is -0.882. The molecular formula is C67H122O6. The van der Waals surface area contributed by atoms with Gasteiger partial charge in [-0.25, -0.2) is 0 Å². The predicted octanol–water partition coefficient (Wildman–Crippen LogP) is 21.8. The van der Waals surface area contributed by atoms with Crippen LogP contribution in [0.1, 0.15) is 342 Å². The van der Waals surface area contributed by atoms with Crippen molar-refractivity contribution < 1.29 is 28.6 Å². The van der Waals surface area contributed by atoms with Crippen molar-refractivity contribution in [2.75, 3.05) is 13.2 Å². The molecule has 0 spiro atoms. The fourth-order valence-corrected chi connectivity index (χ4v) is 9.45. The summed E-state index contributed by atoms with van der Waals surface area (Å²) in [5.41, 5.74) is 0. The quantitative estimate of drug-likeness (QED) is 0.0261. The number of hydrogen-bond acceptors (Lipinski definition) is 6. The van der Waals surface area contributed by atoms with Gasteiger partial charge in [-0.1, -0.05) is 288 Å². The molecule has 0 aromatic carbocycles. The van der Waals surface area contributed by atoms with Gasteiger partial charge in [0.05, 0.1) is 0 Å². The van der Waals surface area contributed by atoms with E-state index in [-0.39, 0.29) is 31.1 Å². The molecule has 426 valence electrons. The van der Waals surface area contributed by atoms with Gasteiger partial charge in [-0.3, -0.25) is 14.4 Å². The van der Waals surface area contributed by atoms with E-state index in [9.17, 15) is 14.4 Å². The number of rotatable bonds is 59. The summed E-state index contributed by atoms with van der Waals surface area (Å²) < 4.78 is 16.9. The van der Waals surface area contributed by atoms with Gasteiger partial charge in [0.2, 0.25) is 0 Å². The van der Waals surface area contributed by atoms with E-state index in [0.29, 0.717) is 19.3 Å². The molecule has 6 heteroatoms. The zero-order valence-corrected chi connectivity index (χ0v) is 48.9. The Balaban J connectivity index is 4.36. The number of allylic oxidation sites excluding steroid dienone is 8. The van der Waals surface area contributed by atoms with Crippen molar-refractivity contribution in [3.63, 3.8) is 0 Å². The fraction of sp³-hybridized carbons (Fsp3) is 0.836. The summed E-state index contributed by atoms with van der Waals surface area (Å²) in [4.78, 5) is 38.3. The van der Waals surface area contributed by atoms with Crippen LogP contribution in [-0.2, 0) is 28.6 Å². The van der Waals surface area contributed by atoms with E-state index in [1.807, 2.05) is 0 Å². The van der Waals surface area contributed by atoms with E-state index in [0.717, 1.165) is 83.5 Å². The summed E-state index contributed by atoms with van der Waals surface area (Å²) in [7, 11) is 0. The third-order valence-corrected chi connectivity index (χ3v) is 14.3. The highest BCUT2D eigenvalue weighted by molar-refractivity contribution is 5.71. The molecule has 0 saturated heterocycles. The minimum absolute atomic E-state index is 0.0792. The zero-order chi connectivity index (χ0) is 52.9. The molecule has 6 nitrogen and oxygen atoms in total. The first-order valence-electron chi connectivity index (χ1n) is 32.1. The second kappa shape index (κ2) is 61.9. The van der Waals surface area contributed by atoms with Gasteiger partial charge in [-0.2, -0.15) is 0 Å². The van der Waals surface area contributed by atoms with Crippen molar-refractivity contribution in [3.8, 4) is 0 Å². The van der Waals surface area contributed by atoms with E-state index in [4.69, 9.17) is 14.2 Å². The number of hydrogen-bond donors (Lipinski definition) is 0. The summed E-state index contributed by atoms with van der Waals surface area (Å²) in [6.07, 6.45) is 76.8. The zero-order valence-electron chi connectivity index (χ0n) is 48.9. The van der Waals surface area contributed by atoms with Crippen molar-refractivity contribution in [2.24, 2.45) is 0 Å². The van der Waals surface area contributed by atoms with Crippen molar-refractivity contribution in [3.05, 3.63) is 48.6 Å². The summed E-state index contributed by atoms with van der Waals surface area (Å²) >= 11 is 0. The third-order valence-electron chi connectivity index (χ3n) is 14.3. The average molecular weight is 1020 g/mol. The van der Waals surface area contributed by atoms with Crippen molar-refractivity contribution in [1.82, 2.24) is 0 Å². The molecule has 0 amide bonds. The van der Waals surface area contributed by atoms with Crippen LogP contribution in [0, 0.1) is 0 Å². The molecule has 0 saturated carbocycles. The lowest BCUT2D eigenvalue weighted by Crippen LogP contribution is -2.30. The minimum Gasteiger partial charge on any atom is -0.462 e. The molecule has 0 radical (unpaired) electrons. The molecule has 0 aliphatic heterocycles. The standard InChI is InChI=1S/C67H122O6/c1-4-7-10-13-16-19-22-25-28-31-33-36-38-41-44-47-50-53-56-59-65(68)71-62-64(73-67(70)61-58-55-52-49-46-43-40-35-30-27-24-21-18-15-12-9-6-3)63-72-66(69)60-57-54-51-48-45-42-39-37-34-32-29-26-23-20-17-14-11-8-5-2/h18,21,25,27-28,30,40,43,64H,4-17,19-20,22-24,26,29,31-39,41-42,44-63H2,1-3H3/b21-18-,28-25-,30-27-,43-40-/t64-/m1/s1. The van der Waals surface area contributed by atoms with Gasteiger partial charge in [0.15, 0.2) is 6.10 Å². The Morgan fingerprint density at radius 1 is 0.274 bits per heavy atom. The van der Waals surface area contributed by atoms with Crippen LogP contribution in [0.4, 0.5) is 0 Å². The van der Waals surface area contributed by atoms with Gasteiger partial charge in [0.25, 0.3) is 0 Å². The molecule has 0 aromatic rings. The van der Waals surface area contributed by atoms with E-state index < -0.39 is 6.10 Å². The van der Waals surface area contributed by atoms with Crippen LogP contribution in [0.25, 0.3) is 0 Å². The lowest BCUT2D eigenvalue weighted by Gasteiger charge is -2.18. The highest BCUT2D eigenvalue weighted by atomic mass is 16.6. The molecule has 0 heterocycles. The molecule has 73 heavy (non-hydrogen) atoms. The van der Waals surface area contributed by atoms with Crippen LogP contribution in [-0.4, -0.2) is 37.2 Å². The first-order chi connectivity index (χ1) is 36.0. The highest BCUT2D eigenvalue weighted by Gasteiger charge is 2.19. The van der Waals surface area contributed by atoms with Crippen molar-refractivity contribution in [1.29, 1.82) is 0 Å². The van der Waals surface area contributed by atoms with E-state index in [1.165, 1.54) is 218 Å².